The zero-order chi connectivity index (χ0) is 13.2. The molecule has 2 aromatic heterocycles. The number of hydrogen-bond donors (Lipinski definition) is 0. The van der Waals surface area contributed by atoms with Crippen LogP contribution in [-0.2, 0) is 6.61 Å². The zero-order valence-corrected chi connectivity index (χ0v) is 12.2. The molecule has 0 saturated heterocycles. The second-order valence-corrected chi connectivity index (χ2v) is 5.36. The molecule has 0 aliphatic rings. The molecule has 0 bridgehead atoms. The van der Waals surface area contributed by atoms with Crippen LogP contribution in [0.1, 0.15) is 5.82 Å². The average molecular weight is 338 g/mol. The minimum Gasteiger partial charge on any atom is -0.484 e. The van der Waals surface area contributed by atoms with Gasteiger partial charge < -0.3 is 4.74 Å². The van der Waals surface area contributed by atoms with Gasteiger partial charge in [-0.05, 0) is 40.2 Å². The summed E-state index contributed by atoms with van der Waals surface area (Å²) in [6.45, 7) is 0.369. The van der Waals surface area contributed by atoms with E-state index < -0.39 is 0 Å². The first-order valence-corrected chi connectivity index (χ1v) is 6.90. The Kier molecular flexibility index (Phi) is 3.44. The highest BCUT2D eigenvalue weighted by atomic mass is 79.9. The van der Waals surface area contributed by atoms with E-state index in [1.807, 2.05) is 47.1 Å². The predicted molar refractivity (Wildman–Crippen MR) is 78.7 cm³/mol. The highest BCUT2D eigenvalue weighted by Crippen LogP contribution is 2.24. The lowest BCUT2D eigenvalue weighted by molar-refractivity contribution is 0.295. The summed E-state index contributed by atoms with van der Waals surface area (Å²) in [7, 11) is 0. The fourth-order valence-corrected chi connectivity index (χ4v) is 2.36. The summed E-state index contributed by atoms with van der Waals surface area (Å²) in [6, 6.07) is 11.4. The Morgan fingerprint density at radius 3 is 2.89 bits per heavy atom. The number of imidazole rings is 1. The Hall–Kier alpha value is -1.52. The van der Waals surface area contributed by atoms with Crippen LogP contribution < -0.4 is 4.74 Å². The molecule has 3 aromatic rings. The van der Waals surface area contributed by atoms with Crippen molar-refractivity contribution in [2.45, 2.75) is 6.61 Å². The summed E-state index contributed by atoms with van der Waals surface area (Å²) >= 11 is 9.50. The van der Waals surface area contributed by atoms with Crippen LogP contribution in [0.25, 0.3) is 5.52 Å². The Balaban J connectivity index is 1.86. The lowest BCUT2D eigenvalue weighted by Crippen LogP contribution is -2.01. The van der Waals surface area contributed by atoms with Crippen molar-refractivity contribution in [2.75, 3.05) is 0 Å². The molecule has 2 heterocycles. The maximum absolute atomic E-state index is 6.05. The first-order valence-electron chi connectivity index (χ1n) is 5.73. The summed E-state index contributed by atoms with van der Waals surface area (Å²) in [5.41, 5.74) is 1.03. The summed E-state index contributed by atoms with van der Waals surface area (Å²) in [6.07, 6.45) is 3.78. The van der Waals surface area contributed by atoms with Crippen LogP contribution >= 0.6 is 27.5 Å². The Labute approximate surface area is 123 Å². The minimum absolute atomic E-state index is 0.369. The summed E-state index contributed by atoms with van der Waals surface area (Å²) in [5, 5.41) is 0.601. The highest BCUT2D eigenvalue weighted by molar-refractivity contribution is 9.10. The van der Waals surface area contributed by atoms with Gasteiger partial charge in [0.25, 0.3) is 0 Å². The second-order valence-electron chi connectivity index (χ2n) is 4.04. The van der Waals surface area contributed by atoms with E-state index in [1.165, 1.54) is 0 Å². The molecule has 96 valence electrons. The molecule has 0 amide bonds. The molecule has 0 saturated carbocycles. The van der Waals surface area contributed by atoms with Gasteiger partial charge in [-0.15, -0.1) is 0 Å². The molecule has 0 fully saturated rings. The third-order valence-electron chi connectivity index (χ3n) is 2.76. The minimum atomic E-state index is 0.369. The van der Waals surface area contributed by atoms with Gasteiger partial charge in [-0.3, -0.25) is 4.40 Å². The van der Waals surface area contributed by atoms with Crippen molar-refractivity contribution >= 4 is 33.0 Å². The normalized spacial score (nSPS) is 10.8. The number of halogens is 2. The Bertz CT molecular complexity index is 726. The fraction of sp³-hybridized carbons (Fsp3) is 0.0714. The SMILES string of the molecule is Clc1ccccc1OCc1ncc2ccc(Br)cn12. The van der Waals surface area contributed by atoms with E-state index >= 15 is 0 Å². The molecule has 0 aliphatic carbocycles. The molecule has 0 aliphatic heterocycles. The molecule has 3 nitrogen and oxygen atoms in total. The monoisotopic (exact) mass is 336 g/mol. The lowest BCUT2D eigenvalue weighted by atomic mass is 10.3. The Morgan fingerprint density at radius 2 is 2.05 bits per heavy atom. The topological polar surface area (TPSA) is 26.5 Å². The second kappa shape index (κ2) is 5.23. The summed E-state index contributed by atoms with van der Waals surface area (Å²) < 4.78 is 8.68. The smallest absolute Gasteiger partial charge is 0.151 e. The maximum Gasteiger partial charge on any atom is 0.151 e. The van der Waals surface area contributed by atoms with E-state index in [0.29, 0.717) is 17.4 Å². The van der Waals surface area contributed by atoms with Gasteiger partial charge in [-0.1, -0.05) is 23.7 Å². The molecule has 0 N–H and O–H groups in total. The van der Waals surface area contributed by atoms with Crippen molar-refractivity contribution in [3.05, 3.63) is 64.1 Å². The van der Waals surface area contributed by atoms with E-state index in [2.05, 4.69) is 20.9 Å². The van der Waals surface area contributed by atoms with Gasteiger partial charge in [0.2, 0.25) is 0 Å². The van der Waals surface area contributed by atoms with Crippen LogP contribution in [0.2, 0.25) is 5.02 Å². The first-order chi connectivity index (χ1) is 9.24. The molecule has 19 heavy (non-hydrogen) atoms. The highest BCUT2D eigenvalue weighted by Gasteiger charge is 2.06. The number of fused-ring (bicyclic) bond motifs is 1. The molecule has 0 spiro atoms. The van der Waals surface area contributed by atoms with Crippen LogP contribution in [0.15, 0.2) is 53.3 Å². The van der Waals surface area contributed by atoms with E-state index in [4.69, 9.17) is 16.3 Å². The van der Waals surface area contributed by atoms with Crippen LogP contribution in [0.3, 0.4) is 0 Å². The van der Waals surface area contributed by atoms with Gasteiger partial charge in [0, 0.05) is 10.7 Å². The number of nitrogens with zero attached hydrogens (tertiary/aromatic N) is 2. The number of aromatic nitrogens is 2. The Morgan fingerprint density at radius 1 is 1.21 bits per heavy atom. The summed E-state index contributed by atoms with van der Waals surface area (Å²) in [4.78, 5) is 4.36. The van der Waals surface area contributed by atoms with Crippen molar-refractivity contribution < 1.29 is 4.74 Å². The third kappa shape index (κ3) is 2.60. The van der Waals surface area contributed by atoms with Crippen LogP contribution in [0.4, 0.5) is 0 Å². The number of hydrogen-bond acceptors (Lipinski definition) is 2. The van der Waals surface area contributed by atoms with E-state index in [0.717, 1.165) is 15.8 Å². The molecule has 0 radical (unpaired) electrons. The number of rotatable bonds is 3. The van der Waals surface area contributed by atoms with Crippen molar-refractivity contribution in [3.8, 4) is 5.75 Å². The molecule has 0 unspecified atom stereocenters. The van der Waals surface area contributed by atoms with Gasteiger partial charge >= 0.3 is 0 Å². The third-order valence-corrected chi connectivity index (χ3v) is 3.54. The number of para-hydroxylation sites is 1. The first kappa shape index (κ1) is 12.5. The van der Waals surface area contributed by atoms with Gasteiger partial charge in [0.15, 0.2) is 5.82 Å². The van der Waals surface area contributed by atoms with Crippen molar-refractivity contribution in [3.63, 3.8) is 0 Å². The number of pyridine rings is 1. The molecule has 0 atom stereocenters. The van der Waals surface area contributed by atoms with Gasteiger partial charge in [0.05, 0.1) is 16.7 Å². The number of ether oxygens (including phenoxy) is 1. The van der Waals surface area contributed by atoms with Gasteiger partial charge in [-0.25, -0.2) is 4.98 Å². The summed E-state index contributed by atoms with van der Waals surface area (Å²) in [5.74, 6) is 1.49. The van der Waals surface area contributed by atoms with Crippen LogP contribution in [0, 0.1) is 0 Å². The lowest BCUT2D eigenvalue weighted by Gasteiger charge is -2.07. The maximum atomic E-state index is 6.05. The predicted octanol–water partition coefficient (Wildman–Crippen LogP) is 4.33. The number of benzene rings is 1. The van der Waals surface area contributed by atoms with Gasteiger partial charge in [-0.2, -0.15) is 0 Å². The molecular weight excluding hydrogens is 328 g/mol. The zero-order valence-electron chi connectivity index (χ0n) is 9.88. The van der Waals surface area contributed by atoms with E-state index in [9.17, 15) is 0 Å². The van der Waals surface area contributed by atoms with Crippen molar-refractivity contribution in [2.24, 2.45) is 0 Å². The van der Waals surface area contributed by atoms with E-state index in [-0.39, 0.29) is 0 Å². The van der Waals surface area contributed by atoms with E-state index in [1.54, 1.807) is 6.07 Å². The van der Waals surface area contributed by atoms with Crippen molar-refractivity contribution in [1.29, 1.82) is 0 Å². The molecule has 5 heteroatoms. The van der Waals surface area contributed by atoms with Gasteiger partial charge in [0.1, 0.15) is 12.4 Å². The fourth-order valence-electron chi connectivity index (χ4n) is 1.83. The molecule has 3 rings (SSSR count). The quantitative estimate of drug-likeness (QED) is 0.711. The van der Waals surface area contributed by atoms with Crippen LogP contribution in [0.5, 0.6) is 5.75 Å². The van der Waals surface area contributed by atoms with Crippen LogP contribution in [-0.4, -0.2) is 9.38 Å². The molecule has 1 aromatic carbocycles. The standard InChI is InChI=1S/C14H10BrClN2O/c15-10-5-6-11-7-17-14(18(11)8-10)9-19-13-4-2-1-3-12(13)16/h1-8H,9H2. The molecular formula is C14H10BrClN2O. The van der Waals surface area contributed by atoms with Crippen molar-refractivity contribution in [1.82, 2.24) is 9.38 Å². The average Bonchev–Trinajstić information content (AvgIpc) is 2.80. The largest absolute Gasteiger partial charge is 0.484 e.